The van der Waals surface area contributed by atoms with Crippen molar-refractivity contribution in [2.24, 2.45) is 17.8 Å². The number of hydrogen-bond acceptors (Lipinski definition) is 3. The van der Waals surface area contributed by atoms with E-state index in [1.165, 1.54) is 37.7 Å². The number of unbranched alkanes of at least 4 members (excludes halogenated alkanes) is 2. The molecule has 0 bridgehead atoms. The number of aryl methyl sites for hydroxylation is 1. The van der Waals surface area contributed by atoms with Crippen LogP contribution in [0.1, 0.15) is 122 Å². The molecule has 0 saturated heterocycles. The van der Waals surface area contributed by atoms with Crippen molar-refractivity contribution in [2.75, 3.05) is 0 Å². The molecule has 0 amide bonds. The number of carboxylic acid groups (broad SMARTS) is 1. The van der Waals surface area contributed by atoms with Crippen molar-refractivity contribution in [3.05, 3.63) is 77.9 Å². The summed E-state index contributed by atoms with van der Waals surface area (Å²) >= 11 is 0. The van der Waals surface area contributed by atoms with E-state index in [0.717, 1.165) is 29.8 Å². The third kappa shape index (κ3) is 25.3. The highest BCUT2D eigenvalue weighted by Gasteiger charge is 2.17. The molecule has 2 aromatic carbocycles. The number of Topliss-reactive ketones (excluding diaryl/α,β-unsaturated/α-hetero) is 1. The van der Waals surface area contributed by atoms with Gasteiger partial charge in [-0.25, -0.2) is 0 Å². The van der Waals surface area contributed by atoms with Crippen molar-refractivity contribution in [1.29, 1.82) is 0 Å². The van der Waals surface area contributed by atoms with Crippen molar-refractivity contribution in [1.82, 2.24) is 0 Å². The van der Waals surface area contributed by atoms with Crippen LogP contribution in [0.5, 0.6) is 0 Å². The predicted octanol–water partition coefficient (Wildman–Crippen LogP) is 10.5. The van der Waals surface area contributed by atoms with E-state index in [4.69, 9.17) is 9.90 Å². The lowest BCUT2D eigenvalue weighted by Gasteiger charge is -2.15. The Labute approximate surface area is 246 Å². The number of rotatable bonds is 11. The Kier molecular flexibility index (Phi) is 30.1. The van der Waals surface area contributed by atoms with Crippen molar-refractivity contribution in [3.8, 4) is 0 Å². The summed E-state index contributed by atoms with van der Waals surface area (Å²) in [5, 5.41) is 6.89. The summed E-state index contributed by atoms with van der Waals surface area (Å²) in [6, 6.07) is 17.6. The highest BCUT2D eigenvalue weighted by molar-refractivity contribution is 5.80. The number of allylic oxidation sites excluding steroid dienone is 1. The van der Waals surface area contributed by atoms with Crippen molar-refractivity contribution in [2.45, 2.75) is 107 Å². The van der Waals surface area contributed by atoms with Gasteiger partial charge in [0.1, 0.15) is 12.1 Å². The summed E-state index contributed by atoms with van der Waals surface area (Å²) in [7, 11) is 0. The first-order valence-corrected chi connectivity index (χ1v) is 14.8. The fraction of sp³-hybridized carbons (Fsp3) is 0.528. The Morgan fingerprint density at radius 3 is 1.68 bits per heavy atom. The first kappa shape index (κ1) is 41.5. The quantitative estimate of drug-likeness (QED) is 0.221. The molecule has 1 N–H and O–H groups in total. The molecule has 0 spiro atoms. The minimum atomic E-state index is -0.250. The van der Waals surface area contributed by atoms with Crippen LogP contribution in [-0.4, -0.2) is 23.6 Å². The summed E-state index contributed by atoms with van der Waals surface area (Å²) in [5.41, 5.74) is 4.12. The number of carbonyl (C=O) groups excluding carboxylic acids is 2. The van der Waals surface area contributed by atoms with Gasteiger partial charge in [0, 0.05) is 17.9 Å². The van der Waals surface area contributed by atoms with Crippen molar-refractivity contribution in [3.63, 3.8) is 0 Å². The van der Waals surface area contributed by atoms with Crippen LogP contribution < -0.4 is 0 Å². The molecular weight excluding hydrogens is 496 g/mol. The van der Waals surface area contributed by atoms with Crippen LogP contribution in [0, 0.1) is 24.7 Å². The van der Waals surface area contributed by atoms with Crippen LogP contribution >= 0.6 is 0 Å². The lowest BCUT2D eigenvalue weighted by atomic mass is 9.88. The van der Waals surface area contributed by atoms with Gasteiger partial charge < -0.3 is 5.11 Å². The molecular formula is C36H58O4. The maximum atomic E-state index is 11.2. The summed E-state index contributed by atoms with van der Waals surface area (Å²) in [5.74, 6) is 2.18. The summed E-state index contributed by atoms with van der Waals surface area (Å²) in [4.78, 5) is 29.8. The second-order valence-corrected chi connectivity index (χ2v) is 10.4. The average molecular weight is 555 g/mol. The van der Waals surface area contributed by atoms with Gasteiger partial charge in [-0.3, -0.25) is 14.4 Å². The fourth-order valence-electron chi connectivity index (χ4n) is 3.66. The largest absolute Gasteiger partial charge is 0.483 e. The summed E-state index contributed by atoms with van der Waals surface area (Å²) in [6.45, 7) is 22.7. The van der Waals surface area contributed by atoms with E-state index in [-0.39, 0.29) is 6.47 Å². The van der Waals surface area contributed by atoms with E-state index in [0.29, 0.717) is 29.6 Å². The maximum Gasteiger partial charge on any atom is 0.290 e. The van der Waals surface area contributed by atoms with Gasteiger partial charge in [0.25, 0.3) is 6.47 Å². The first-order chi connectivity index (χ1) is 19.0. The molecule has 0 aromatic heterocycles. The zero-order valence-electron chi connectivity index (χ0n) is 26.9. The van der Waals surface area contributed by atoms with E-state index in [1.807, 2.05) is 44.2 Å². The van der Waals surface area contributed by atoms with Crippen LogP contribution in [0.3, 0.4) is 0 Å². The molecule has 0 aliphatic rings. The minimum absolute atomic E-state index is 0.250. The SMILES string of the molecule is C=C(C)c1ccc(C=O)cc1.CCC(=O)C(CC)C(C)C.CCCCCC(C)CC.Cc1ccccc1.O=CO. The van der Waals surface area contributed by atoms with Crippen LogP contribution in [0.4, 0.5) is 0 Å². The number of ketones is 1. The minimum Gasteiger partial charge on any atom is -0.483 e. The van der Waals surface area contributed by atoms with Gasteiger partial charge >= 0.3 is 0 Å². The van der Waals surface area contributed by atoms with E-state index < -0.39 is 0 Å². The molecule has 226 valence electrons. The number of hydrogen-bond donors (Lipinski definition) is 1. The van der Waals surface area contributed by atoms with E-state index in [2.05, 4.69) is 67.2 Å². The molecule has 2 atom stereocenters. The normalized spacial score (nSPS) is 10.8. The third-order valence-corrected chi connectivity index (χ3v) is 6.48. The molecule has 4 heteroatoms. The predicted molar refractivity (Wildman–Crippen MR) is 174 cm³/mol. The Balaban J connectivity index is -0.000000445. The molecule has 2 aromatic rings. The van der Waals surface area contributed by atoms with Crippen LogP contribution in [0.2, 0.25) is 0 Å². The average Bonchev–Trinajstić information content (AvgIpc) is 2.95. The Morgan fingerprint density at radius 1 is 0.875 bits per heavy atom. The fourth-order valence-corrected chi connectivity index (χ4v) is 3.66. The molecule has 4 nitrogen and oxygen atoms in total. The Bertz CT molecular complexity index is 869. The van der Waals surface area contributed by atoms with Crippen LogP contribution in [0.15, 0.2) is 61.2 Å². The molecule has 2 unspecified atom stereocenters. The zero-order valence-corrected chi connectivity index (χ0v) is 26.9. The summed E-state index contributed by atoms with van der Waals surface area (Å²) < 4.78 is 0. The van der Waals surface area contributed by atoms with E-state index in [1.54, 1.807) is 12.1 Å². The Morgan fingerprint density at radius 2 is 1.40 bits per heavy atom. The van der Waals surface area contributed by atoms with Crippen LogP contribution in [-0.2, 0) is 9.59 Å². The number of benzene rings is 2. The highest BCUT2D eigenvalue weighted by atomic mass is 16.3. The zero-order chi connectivity index (χ0) is 31.3. The molecule has 0 aliphatic heterocycles. The highest BCUT2D eigenvalue weighted by Crippen LogP contribution is 2.17. The molecule has 0 radical (unpaired) electrons. The standard InChI is InChI=1S/C10H10O.C9H18O.C9H20.C7H8.CH2O2/c1-8(2)10-5-3-9(7-11)4-6-10;1-5-8(7(3)4)9(10)6-2;1-4-6-7-8-9(3)5-2;1-7-5-3-2-4-6-7;2-1-3/h3-7H,1H2,2H3;7-8H,5-6H2,1-4H3;9H,4-8H2,1-3H3;2-6H,1H3;1H,(H,2,3). The van der Waals surface area contributed by atoms with Gasteiger partial charge in [0.2, 0.25) is 0 Å². The molecule has 0 fully saturated rings. The van der Waals surface area contributed by atoms with Crippen molar-refractivity contribution < 1.29 is 19.5 Å². The Hall–Kier alpha value is -3.01. The topological polar surface area (TPSA) is 71.4 Å². The molecule has 0 saturated carbocycles. The van der Waals surface area contributed by atoms with Gasteiger partial charge in [-0.15, -0.1) is 0 Å². The maximum absolute atomic E-state index is 11.2. The van der Waals surface area contributed by atoms with Gasteiger partial charge in [0.05, 0.1) is 0 Å². The van der Waals surface area contributed by atoms with Crippen molar-refractivity contribution >= 4 is 24.1 Å². The lowest BCUT2D eigenvalue weighted by Crippen LogP contribution is -2.18. The molecule has 40 heavy (non-hydrogen) atoms. The third-order valence-electron chi connectivity index (χ3n) is 6.48. The number of aldehydes is 1. The lowest BCUT2D eigenvalue weighted by molar-refractivity contribution is -0.124. The molecule has 0 heterocycles. The van der Waals surface area contributed by atoms with E-state index in [9.17, 15) is 9.59 Å². The smallest absolute Gasteiger partial charge is 0.290 e. The summed E-state index contributed by atoms with van der Waals surface area (Å²) in [6.07, 6.45) is 9.52. The molecule has 0 aliphatic carbocycles. The second-order valence-electron chi connectivity index (χ2n) is 10.4. The van der Waals surface area contributed by atoms with Gasteiger partial charge in [-0.1, -0.05) is 153 Å². The first-order valence-electron chi connectivity index (χ1n) is 14.8. The van der Waals surface area contributed by atoms with Gasteiger partial charge in [-0.05, 0) is 37.7 Å². The number of carbonyl (C=O) groups is 3. The van der Waals surface area contributed by atoms with Crippen LogP contribution in [0.25, 0.3) is 5.57 Å². The monoisotopic (exact) mass is 554 g/mol. The van der Waals surface area contributed by atoms with Gasteiger partial charge in [0.15, 0.2) is 0 Å². The molecule has 2 rings (SSSR count). The van der Waals surface area contributed by atoms with E-state index >= 15 is 0 Å². The second kappa shape index (κ2) is 29.0. The van der Waals surface area contributed by atoms with Gasteiger partial charge in [-0.2, -0.15) is 0 Å².